The lowest BCUT2D eigenvalue weighted by Gasteiger charge is -2.17. The third-order valence-electron chi connectivity index (χ3n) is 3.69. The van der Waals surface area contributed by atoms with Crippen LogP contribution in [-0.2, 0) is 6.42 Å². The van der Waals surface area contributed by atoms with Crippen LogP contribution in [0.1, 0.15) is 19.4 Å². The van der Waals surface area contributed by atoms with E-state index < -0.39 is 0 Å². The highest BCUT2D eigenvalue weighted by molar-refractivity contribution is 5.52. The molecular formula is C18H25N3. The molecule has 0 unspecified atom stereocenters. The highest BCUT2D eigenvalue weighted by Gasteiger charge is 2.00. The van der Waals surface area contributed by atoms with Gasteiger partial charge < -0.3 is 15.8 Å². The minimum absolute atomic E-state index is 1.06. The van der Waals surface area contributed by atoms with Crippen molar-refractivity contribution in [2.45, 2.75) is 20.3 Å². The average Bonchev–Trinajstić information content (AvgIpc) is 2.56. The first-order valence-corrected chi connectivity index (χ1v) is 7.70. The Labute approximate surface area is 128 Å². The molecule has 0 heterocycles. The van der Waals surface area contributed by atoms with Gasteiger partial charge in [0.1, 0.15) is 0 Å². The molecular weight excluding hydrogens is 258 g/mol. The number of hydrogen-bond acceptors (Lipinski definition) is 3. The van der Waals surface area contributed by atoms with Crippen LogP contribution in [-0.4, -0.2) is 24.5 Å². The number of hydrogen-bond donors (Lipinski definition) is 2. The number of rotatable bonds is 8. The lowest BCUT2D eigenvalue weighted by atomic mass is 10.1. The zero-order chi connectivity index (χ0) is 14.9. The highest BCUT2D eigenvalue weighted by Crippen LogP contribution is 2.12. The van der Waals surface area contributed by atoms with Crippen LogP contribution in [0.15, 0.2) is 54.6 Å². The molecule has 112 valence electrons. The van der Waals surface area contributed by atoms with Gasteiger partial charge in [-0.3, -0.25) is 0 Å². The summed E-state index contributed by atoms with van der Waals surface area (Å²) in [6.07, 6.45) is 1.11. The van der Waals surface area contributed by atoms with Crippen molar-refractivity contribution in [3.05, 3.63) is 60.2 Å². The van der Waals surface area contributed by atoms with Crippen LogP contribution in [0.2, 0.25) is 0 Å². The minimum Gasteiger partial charge on any atom is -0.304 e. The van der Waals surface area contributed by atoms with Crippen molar-refractivity contribution >= 4 is 11.4 Å². The number of hydrazine groups is 1. The van der Waals surface area contributed by atoms with E-state index in [1.807, 2.05) is 30.3 Å². The summed E-state index contributed by atoms with van der Waals surface area (Å²) >= 11 is 0. The second kappa shape index (κ2) is 8.32. The molecule has 0 aliphatic carbocycles. The van der Waals surface area contributed by atoms with Crippen molar-refractivity contribution in [3.63, 3.8) is 0 Å². The Kier molecular flexibility index (Phi) is 6.10. The first-order chi connectivity index (χ1) is 10.3. The van der Waals surface area contributed by atoms with E-state index in [1.54, 1.807) is 0 Å². The molecule has 2 aromatic carbocycles. The van der Waals surface area contributed by atoms with Crippen LogP contribution in [0.3, 0.4) is 0 Å². The van der Waals surface area contributed by atoms with Crippen molar-refractivity contribution in [1.29, 1.82) is 0 Å². The van der Waals surface area contributed by atoms with Crippen molar-refractivity contribution in [2.24, 2.45) is 0 Å². The quantitative estimate of drug-likeness (QED) is 0.717. The summed E-state index contributed by atoms with van der Waals surface area (Å²) < 4.78 is 0. The Morgan fingerprint density at radius 3 is 1.90 bits per heavy atom. The van der Waals surface area contributed by atoms with Crippen molar-refractivity contribution in [3.8, 4) is 0 Å². The van der Waals surface area contributed by atoms with E-state index in [9.17, 15) is 0 Å². The highest BCUT2D eigenvalue weighted by atomic mass is 15.4. The van der Waals surface area contributed by atoms with Gasteiger partial charge >= 0.3 is 0 Å². The number of likely N-dealkylation sites (N-methyl/N-ethyl adjacent to an activating group) is 1. The van der Waals surface area contributed by atoms with Gasteiger partial charge in [0.2, 0.25) is 0 Å². The van der Waals surface area contributed by atoms with Gasteiger partial charge in [0.05, 0.1) is 11.4 Å². The molecule has 0 saturated carbocycles. The maximum absolute atomic E-state index is 3.21. The van der Waals surface area contributed by atoms with Gasteiger partial charge in [-0.25, -0.2) is 0 Å². The topological polar surface area (TPSA) is 27.3 Å². The number of nitrogens with zero attached hydrogens (tertiary/aromatic N) is 1. The molecule has 0 radical (unpaired) electrons. The Bertz CT molecular complexity index is 504. The molecule has 0 atom stereocenters. The maximum Gasteiger partial charge on any atom is 0.0540 e. The Hall–Kier alpha value is -2.00. The third kappa shape index (κ3) is 5.12. The van der Waals surface area contributed by atoms with E-state index in [0.717, 1.165) is 37.4 Å². The predicted molar refractivity (Wildman–Crippen MR) is 91.6 cm³/mol. The largest absolute Gasteiger partial charge is 0.304 e. The second-order valence-corrected chi connectivity index (χ2v) is 5.09. The van der Waals surface area contributed by atoms with E-state index in [2.05, 4.69) is 53.9 Å². The molecule has 0 bridgehead atoms. The van der Waals surface area contributed by atoms with Gasteiger partial charge in [0.25, 0.3) is 0 Å². The molecule has 2 aromatic rings. The molecule has 2 rings (SSSR count). The Morgan fingerprint density at radius 1 is 0.762 bits per heavy atom. The van der Waals surface area contributed by atoms with E-state index in [-0.39, 0.29) is 0 Å². The molecule has 0 aliphatic rings. The normalized spacial score (nSPS) is 10.6. The molecule has 2 N–H and O–H groups in total. The van der Waals surface area contributed by atoms with E-state index in [4.69, 9.17) is 0 Å². The molecule has 0 amide bonds. The van der Waals surface area contributed by atoms with Gasteiger partial charge in [-0.05, 0) is 49.3 Å². The van der Waals surface area contributed by atoms with Crippen LogP contribution in [0.4, 0.5) is 11.4 Å². The van der Waals surface area contributed by atoms with Gasteiger partial charge in [-0.1, -0.05) is 44.2 Å². The average molecular weight is 283 g/mol. The van der Waals surface area contributed by atoms with E-state index >= 15 is 0 Å². The van der Waals surface area contributed by atoms with Crippen LogP contribution in [0.25, 0.3) is 0 Å². The Morgan fingerprint density at radius 2 is 1.33 bits per heavy atom. The molecule has 0 aromatic heterocycles. The van der Waals surface area contributed by atoms with E-state index in [0.29, 0.717) is 0 Å². The molecule has 3 nitrogen and oxygen atoms in total. The molecule has 0 spiro atoms. The summed E-state index contributed by atoms with van der Waals surface area (Å²) in [6, 6.07) is 18.7. The molecule has 0 saturated heterocycles. The van der Waals surface area contributed by atoms with Crippen molar-refractivity contribution in [2.75, 3.05) is 30.5 Å². The van der Waals surface area contributed by atoms with Gasteiger partial charge in [0.15, 0.2) is 0 Å². The minimum atomic E-state index is 1.06. The number of para-hydroxylation sites is 1. The number of anilines is 2. The predicted octanol–water partition coefficient (Wildman–Crippen LogP) is 4.01. The molecule has 0 aliphatic heterocycles. The van der Waals surface area contributed by atoms with Crippen LogP contribution < -0.4 is 10.9 Å². The van der Waals surface area contributed by atoms with Gasteiger partial charge in [-0.15, -0.1) is 0 Å². The third-order valence-corrected chi connectivity index (χ3v) is 3.69. The number of nitrogens with one attached hydrogen (secondary N) is 2. The molecule has 21 heavy (non-hydrogen) atoms. The summed E-state index contributed by atoms with van der Waals surface area (Å²) in [7, 11) is 0. The second-order valence-electron chi connectivity index (χ2n) is 5.09. The fourth-order valence-electron chi connectivity index (χ4n) is 2.25. The van der Waals surface area contributed by atoms with Crippen molar-refractivity contribution < 1.29 is 0 Å². The zero-order valence-corrected chi connectivity index (χ0v) is 13.0. The first-order valence-electron chi connectivity index (χ1n) is 7.70. The summed E-state index contributed by atoms with van der Waals surface area (Å²) in [5, 5.41) is 0. The monoisotopic (exact) mass is 283 g/mol. The summed E-state index contributed by atoms with van der Waals surface area (Å²) in [5.74, 6) is 0. The SMILES string of the molecule is CCN(CC)CCc1ccc(NNc2ccccc2)cc1. The fraction of sp³-hybridized carbons (Fsp3) is 0.333. The summed E-state index contributed by atoms with van der Waals surface area (Å²) in [6.45, 7) is 7.80. The first kappa shape index (κ1) is 15.4. The lowest BCUT2D eigenvalue weighted by Crippen LogP contribution is -2.25. The van der Waals surface area contributed by atoms with Crippen molar-refractivity contribution in [1.82, 2.24) is 4.90 Å². The Balaban J connectivity index is 1.81. The summed E-state index contributed by atoms with van der Waals surface area (Å²) in [4.78, 5) is 2.45. The zero-order valence-electron chi connectivity index (χ0n) is 13.0. The molecule has 3 heteroatoms. The molecule has 0 fully saturated rings. The van der Waals surface area contributed by atoms with Gasteiger partial charge in [-0.2, -0.15) is 0 Å². The maximum atomic E-state index is 3.21. The standard InChI is InChI=1S/C18H25N3/c1-3-21(4-2)15-14-16-10-12-18(13-11-16)20-19-17-8-6-5-7-9-17/h5-13,19-20H,3-4,14-15H2,1-2H3. The summed E-state index contributed by atoms with van der Waals surface area (Å²) in [5.41, 5.74) is 9.92. The smallest absolute Gasteiger partial charge is 0.0540 e. The lowest BCUT2D eigenvalue weighted by molar-refractivity contribution is 0.308. The van der Waals surface area contributed by atoms with Crippen LogP contribution >= 0.6 is 0 Å². The van der Waals surface area contributed by atoms with Crippen LogP contribution in [0, 0.1) is 0 Å². The number of benzene rings is 2. The van der Waals surface area contributed by atoms with Crippen LogP contribution in [0.5, 0.6) is 0 Å². The van der Waals surface area contributed by atoms with E-state index in [1.165, 1.54) is 5.56 Å². The fourth-order valence-corrected chi connectivity index (χ4v) is 2.25. The van der Waals surface area contributed by atoms with Gasteiger partial charge in [0, 0.05) is 6.54 Å².